The molecule has 1 aromatic rings. The number of hydrogen-bond donors (Lipinski definition) is 2. The second-order valence-electron chi connectivity index (χ2n) is 3.95. The number of nitrogen functional groups attached to an aromatic ring is 1. The number of nitrogens with zero attached hydrogens (tertiary/aromatic N) is 2. The van der Waals surface area contributed by atoms with Crippen LogP contribution in [0, 0.1) is 5.92 Å². The number of anilines is 1. The van der Waals surface area contributed by atoms with Crippen molar-refractivity contribution in [3.63, 3.8) is 0 Å². The van der Waals surface area contributed by atoms with Gasteiger partial charge in [0.2, 0.25) is 5.13 Å². The van der Waals surface area contributed by atoms with Crippen molar-refractivity contribution in [3.8, 4) is 0 Å². The molecule has 0 aliphatic heterocycles. The van der Waals surface area contributed by atoms with E-state index in [0.717, 1.165) is 24.3 Å². The van der Waals surface area contributed by atoms with Crippen LogP contribution in [0.2, 0.25) is 0 Å². The lowest BCUT2D eigenvalue weighted by Crippen LogP contribution is -2.04. The minimum absolute atomic E-state index is 0.269. The monoisotopic (exact) mass is 227 g/mol. The van der Waals surface area contributed by atoms with Crippen LogP contribution in [0.5, 0.6) is 0 Å². The molecule has 1 aromatic heterocycles. The number of carboxylic acids is 1. The molecular weight excluding hydrogens is 214 g/mol. The lowest BCUT2D eigenvalue weighted by Gasteiger charge is -2.05. The van der Waals surface area contributed by atoms with Crippen molar-refractivity contribution < 1.29 is 9.90 Å². The lowest BCUT2D eigenvalue weighted by molar-refractivity contribution is -0.138. The van der Waals surface area contributed by atoms with Crippen LogP contribution >= 0.6 is 11.3 Å². The summed E-state index contributed by atoms with van der Waals surface area (Å²) in [5.74, 6) is -0.0563. The topological polar surface area (TPSA) is 89.1 Å². The molecule has 15 heavy (non-hydrogen) atoms. The van der Waals surface area contributed by atoms with Crippen molar-refractivity contribution >= 4 is 22.4 Å². The van der Waals surface area contributed by atoms with Gasteiger partial charge in [0, 0.05) is 12.3 Å². The molecule has 1 aliphatic rings. The van der Waals surface area contributed by atoms with Crippen LogP contribution in [-0.2, 0) is 4.79 Å². The van der Waals surface area contributed by atoms with Gasteiger partial charge >= 0.3 is 5.97 Å². The molecule has 0 unspecified atom stereocenters. The maximum Gasteiger partial charge on any atom is 0.303 e. The van der Waals surface area contributed by atoms with Crippen molar-refractivity contribution in [2.24, 2.45) is 5.92 Å². The molecule has 82 valence electrons. The number of aliphatic carboxylic acids is 1. The van der Waals surface area contributed by atoms with Crippen LogP contribution in [0.4, 0.5) is 5.13 Å². The molecule has 0 spiro atoms. The van der Waals surface area contributed by atoms with Crippen LogP contribution in [0.1, 0.15) is 36.6 Å². The van der Waals surface area contributed by atoms with Crippen LogP contribution in [0.25, 0.3) is 0 Å². The van der Waals surface area contributed by atoms with E-state index in [4.69, 9.17) is 10.8 Å². The van der Waals surface area contributed by atoms with Crippen LogP contribution in [-0.4, -0.2) is 21.3 Å². The highest BCUT2D eigenvalue weighted by molar-refractivity contribution is 7.15. The van der Waals surface area contributed by atoms with E-state index in [0.29, 0.717) is 11.0 Å². The number of aromatic nitrogens is 2. The third-order valence-corrected chi connectivity index (χ3v) is 3.72. The summed E-state index contributed by atoms with van der Waals surface area (Å²) < 4.78 is 0. The van der Waals surface area contributed by atoms with Gasteiger partial charge in [0.25, 0.3) is 0 Å². The number of nitrogens with two attached hydrogens (primary N) is 1. The van der Waals surface area contributed by atoms with Gasteiger partial charge in [0.15, 0.2) is 0 Å². The van der Waals surface area contributed by atoms with Gasteiger partial charge < -0.3 is 10.8 Å². The molecule has 6 heteroatoms. The van der Waals surface area contributed by atoms with Gasteiger partial charge in [0.05, 0.1) is 0 Å². The number of hydrogen-bond acceptors (Lipinski definition) is 5. The van der Waals surface area contributed by atoms with Gasteiger partial charge in [0.1, 0.15) is 5.01 Å². The predicted octanol–water partition coefficient (Wildman–Crippen LogP) is 1.48. The van der Waals surface area contributed by atoms with Gasteiger partial charge in [-0.25, -0.2) is 0 Å². The molecule has 0 amide bonds. The summed E-state index contributed by atoms with van der Waals surface area (Å²) >= 11 is 1.41. The summed E-state index contributed by atoms with van der Waals surface area (Å²) in [5, 5.41) is 17.9. The fourth-order valence-electron chi connectivity index (χ4n) is 2.14. The molecule has 3 N–H and O–H groups in total. The smallest absolute Gasteiger partial charge is 0.303 e. The fraction of sp³-hybridized carbons (Fsp3) is 0.667. The first-order valence-corrected chi connectivity index (χ1v) is 5.77. The minimum Gasteiger partial charge on any atom is -0.481 e. The molecule has 5 nitrogen and oxygen atoms in total. The first-order chi connectivity index (χ1) is 7.15. The van der Waals surface area contributed by atoms with Crippen LogP contribution in [0.15, 0.2) is 0 Å². The molecule has 0 saturated heterocycles. The maximum atomic E-state index is 10.6. The number of rotatable bonds is 3. The maximum absolute atomic E-state index is 10.6. The molecule has 1 aliphatic carbocycles. The fourth-order valence-corrected chi connectivity index (χ4v) is 2.90. The van der Waals surface area contributed by atoms with Gasteiger partial charge in [-0.15, -0.1) is 10.2 Å². The number of carboxylic acid groups (broad SMARTS) is 1. The molecular formula is C9H13N3O2S. The normalized spacial score (nSPS) is 25.6. The first-order valence-electron chi connectivity index (χ1n) is 4.96. The second kappa shape index (κ2) is 4.14. The Bertz CT molecular complexity index is 366. The number of carbonyl (C=O) groups is 1. The largest absolute Gasteiger partial charge is 0.481 e. The van der Waals surface area contributed by atoms with E-state index < -0.39 is 5.97 Å². The average Bonchev–Trinajstić information content (AvgIpc) is 2.72. The standard InChI is InChI=1S/C9H13N3O2S/c10-9-12-11-8(15-9)6-2-1-5(3-6)4-7(13)14/h5-6H,1-4H2,(H2,10,12)(H,13,14)/t5-,6+/m1/s1. The third-order valence-electron chi connectivity index (χ3n) is 2.81. The van der Waals surface area contributed by atoms with E-state index >= 15 is 0 Å². The quantitative estimate of drug-likeness (QED) is 0.816. The Morgan fingerprint density at radius 3 is 2.93 bits per heavy atom. The van der Waals surface area contributed by atoms with E-state index in [9.17, 15) is 4.79 Å². The summed E-state index contributed by atoms with van der Waals surface area (Å²) in [4.78, 5) is 10.6. The zero-order valence-electron chi connectivity index (χ0n) is 8.22. The van der Waals surface area contributed by atoms with E-state index in [1.54, 1.807) is 0 Å². The van der Waals surface area contributed by atoms with Gasteiger partial charge in [-0.1, -0.05) is 11.3 Å². The Balaban J connectivity index is 1.95. The molecule has 1 fully saturated rings. The zero-order valence-corrected chi connectivity index (χ0v) is 9.04. The summed E-state index contributed by atoms with van der Waals surface area (Å²) in [5.41, 5.74) is 5.51. The summed E-state index contributed by atoms with van der Waals surface area (Å²) in [6.45, 7) is 0. The van der Waals surface area contributed by atoms with Crippen LogP contribution < -0.4 is 5.73 Å². The van der Waals surface area contributed by atoms with Gasteiger partial charge in [-0.2, -0.15) is 0 Å². The Kier molecular flexibility index (Phi) is 2.86. The molecule has 1 saturated carbocycles. The molecule has 0 aromatic carbocycles. The molecule has 1 heterocycles. The Morgan fingerprint density at radius 2 is 2.33 bits per heavy atom. The van der Waals surface area contributed by atoms with Crippen molar-refractivity contribution in [3.05, 3.63) is 5.01 Å². The highest BCUT2D eigenvalue weighted by Gasteiger charge is 2.29. The molecule has 0 radical (unpaired) electrons. The van der Waals surface area contributed by atoms with Crippen molar-refractivity contribution in [2.75, 3.05) is 5.73 Å². The average molecular weight is 227 g/mol. The Hall–Kier alpha value is -1.17. The van der Waals surface area contributed by atoms with Crippen molar-refractivity contribution in [2.45, 2.75) is 31.6 Å². The van der Waals surface area contributed by atoms with Gasteiger partial charge in [-0.05, 0) is 25.2 Å². The predicted molar refractivity (Wildman–Crippen MR) is 56.7 cm³/mol. The third kappa shape index (κ3) is 2.44. The lowest BCUT2D eigenvalue weighted by atomic mass is 10.0. The van der Waals surface area contributed by atoms with E-state index in [2.05, 4.69) is 10.2 Å². The van der Waals surface area contributed by atoms with E-state index in [1.807, 2.05) is 0 Å². The minimum atomic E-state index is -0.711. The summed E-state index contributed by atoms with van der Waals surface area (Å²) in [6.07, 6.45) is 3.15. The highest BCUT2D eigenvalue weighted by Crippen LogP contribution is 2.40. The van der Waals surface area contributed by atoms with E-state index in [-0.39, 0.29) is 12.3 Å². The van der Waals surface area contributed by atoms with Crippen LogP contribution in [0.3, 0.4) is 0 Å². The molecule has 2 rings (SSSR count). The molecule has 2 atom stereocenters. The highest BCUT2D eigenvalue weighted by atomic mass is 32.1. The second-order valence-corrected chi connectivity index (χ2v) is 4.99. The van der Waals surface area contributed by atoms with E-state index in [1.165, 1.54) is 11.3 Å². The summed E-state index contributed by atoms with van der Waals surface area (Å²) in [7, 11) is 0. The van der Waals surface area contributed by atoms with Crippen molar-refractivity contribution in [1.29, 1.82) is 0 Å². The zero-order chi connectivity index (χ0) is 10.8. The Labute approximate surface area is 91.3 Å². The summed E-state index contributed by atoms with van der Waals surface area (Å²) in [6, 6.07) is 0. The van der Waals surface area contributed by atoms with Crippen molar-refractivity contribution in [1.82, 2.24) is 10.2 Å². The molecule has 0 bridgehead atoms. The van der Waals surface area contributed by atoms with Gasteiger partial charge in [-0.3, -0.25) is 4.79 Å². The SMILES string of the molecule is Nc1nnc([C@H]2CC[C@@H](CC(=O)O)C2)s1. The Morgan fingerprint density at radius 1 is 1.53 bits per heavy atom. The first kappa shape index (κ1) is 10.4.